The van der Waals surface area contributed by atoms with Gasteiger partial charge in [0.25, 0.3) is 0 Å². The molecule has 0 atom stereocenters. The van der Waals surface area contributed by atoms with Crippen molar-refractivity contribution in [1.82, 2.24) is 0 Å². The van der Waals surface area contributed by atoms with Crippen LogP contribution in [0.15, 0.2) is 0 Å². The summed E-state index contributed by atoms with van der Waals surface area (Å²) in [7, 11) is 0. The van der Waals surface area contributed by atoms with Gasteiger partial charge in [-0.1, -0.05) is 0 Å². The van der Waals surface area contributed by atoms with Gasteiger partial charge in [-0.2, -0.15) is 0 Å². The molecule has 0 aliphatic rings. The molecule has 28 valence electrons. The summed E-state index contributed by atoms with van der Waals surface area (Å²) in [5, 5.41) is 0. The van der Waals surface area contributed by atoms with E-state index in [4.69, 9.17) is 0 Å². The van der Waals surface area contributed by atoms with Crippen molar-refractivity contribution in [2.24, 2.45) is 0 Å². The number of rotatable bonds is 0. The Kier molecular flexibility index (Phi) is 144. The van der Waals surface area contributed by atoms with Gasteiger partial charge in [0.15, 0.2) is 0 Å². The zero-order valence-corrected chi connectivity index (χ0v) is 5.02. The molecule has 5 heavy (non-hydrogen) atoms. The Labute approximate surface area is 166 Å². The van der Waals surface area contributed by atoms with Gasteiger partial charge in [0.1, 0.15) is 0 Å². The summed E-state index contributed by atoms with van der Waals surface area (Å²) < 4.78 is 0. The van der Waals surface area contributed by atoms with Crippen LogP contribution < -0.4 is 0 Å². The quantitative estimate of drug-likeness (QED) is 0.412. The summed E-state index contributed by atoms with van der Waals surface area (Å²) in [6, 6.07) is 0. The topological polar surface area (TPSA) is 0 Å². The Morgan fingerprint density at radius 3 is 1.00 bits per heavy atom. The van der Waals surface area contributed by atoms with E-state index in [1.807, 2.05) is 0 Å². The molecule has 0 nitrogen and oxygen atoms in total. The van der Waals surface area contributed by atoms with Crippen LogP contribution >= 0.6 is 36.4 Å². The average molecular weight is 362 g/mol. The van der Waals surface area contributed by atoms with E-state index in [-0.39, 0.29) is 173 Å². The number of halogens is 2. The second-order valence-corrected chi connectivity index (χ2v) is 0. The second-order valence-electron chi connectivity index (χ2n) is 0. The first-order valence-electron chi connectivity index (χ1n) is 0. The van der Waals surface area contributed by atoms with E-state index in [9.17, 15) is 0 Å². The molecule has 0 bridgehead atoms. The van der Waals surface area contributed by atoms with Crippen LogP contribution in [-0.2, 0) is 0 Å². The van der Waals surface area contributed by atoms with E-state index < -0.39 is 0 Å². The molecule has 0 aromatic heterocycles. The molecule has 0 aliphatic carbocycles. The minimum absolute atomic E-state index is 0. The van der Waals surface area contributed by atoms with Crippen molar-refractivity contribution in [3.8, 4) is 0 Å². The van der Waals surface area contributed by atoms with E-state index in [2.05, 4.69) is 0 Å². The van der Waals surface area contributed by atoms with Gasteiger partial charge in [-0.15, -0.1) is 36.4 Å². The molecular formula is H4ArClCsINa. The van der Waals surface area contributed by atoms with Crippen molar-refractivity contribution in [2.45, 2.75) is 0 Å². The summed E-state index contributed by atoms with van der Waals surface area (Å²) in [5.41, 5.74) is 0. The Bertz CT molecular complexity index is 11.6. The van der Waals surface area contributed by atoms with E-state index in [0.717, 1.165) is 0 Å². The monoisotopic (exact) mass is 362 g/mol. The zero-order chi connectivity index (χ0) is 0. The molecule has 0 saturated carbocycles. The predicted octanol–water partition coefficient (Wildman–Crippen LogP) is -0.257. The van der Waals surface area contributed by atoms with Crippen molar-refractivity contribution in [2.75, 3.05) is 0 Å². The molecule has 5 heteroatoms. The van der Waals surface area contributed by atoms with E-state index >= 15 is 0 Å². The van der Waals surface area contributed by atoms with Gasteiger partial charge in [0.05, 0.1) is 0 Å². The Hall–Kier alpha value is 5.33. The van der Waals surface area contributed by atoms with Crippen molar-refractivity contribution in [3.63, 3.8) is 0 Å². The summed E-state index contributed by atoms with van der Waals surface area (Å²) in [6.45, 7) is 0. The van der Waals surface area contributed by atoms with Crippen molar-refractivity contribution in [1.29, 1.82) is 0 Å². The fourth-order valence-corrected chi connectivity index (χ4v) is 0. The molecule has 0 spiro atoms. The van der Waals surface area contributed by atoms with Crippen molar-refractivity contribution in [3.05, 3.63) is 0 Å². The first kappa shape index (κ1) is 31.6. The zero-order valence-electron chi connectivity index (χ0n) is 1.17. The van der Waals surface area contributed by atoms with Gasteiger partial charge in [-0.05, 0) is 0 Å². The number of hydrogen-bond acceptors (Lipinski definition) is 0. The normalized spacial score (nSPS) is 0. The summed E-state index contributed by atoms with van der Waals surface area (Å²) in [4.78, 5) is 0. The molecule has 0 amide bonds. The molecule has 0 aromatic carbocycles. The molecule has 0 fully saturated rings. The van der Waals surface area contributed by atoms with Crippen LogP contribution in [0.2, 0.25) is 0 Å². The standard InChI is InChI=1S/Ar.ClH.Cs.HI.Na.2H/h;1H;;1H;;;. The third-order valence-electron chi connectivity index (χ3n) is 0. The third kappa shape index (κ3) is 17.6. The molecule has 0 radical (unpaired) electrons. The van der Waals surface area contributed by atoms with Gasteiger partial charge >= 0.3 is 98.5 Å². The van der Waals surface area contributed by atoms with Crippen LogP contribution in [0.25, 0.3) is 0 Å². The van der Waals surface area contributed by atoms with Gasteiger partial charge in [0.2, 0.25) is 0 Å². The molecule has 0 saturated heterocycles. The van der Waals surface area contributed by atoms with E-state index in [1.165, 1.54) is 0 Å². The van der Waals surface area contributed by atoms with Crippen LogP contribution in [0.4, 0.5) is 0 Å². The van der Waals surface area contributed by atoms with Crippen LogP contribution in [0, 0.1) is 37.7 Å². The van der Waals surface area contributed by atoms with Gasteiger partial charge in [-0.3, -0.25) is 0 Å². The fraction of sp³-hybridized carbons (Fsp3) is 0. The van der Waals surface area contributed by atoms with Crippen molar-refractivity contribution >= 4 is 135 Å². The Morgan fingerprint density at radius 1 is 1.00 bits per heavy atom. The van der Waals surface area contributed by atoms with Gasteiger partial charge < -0.3 is 0 Å². The molecule has 0 aromatic rings. The summed E-state index contributed by atoms with van der Waals surface area (Å²) in [5.74, 6) is 0. The summed E-state index contributed by atoms with van der Waals surface area (Å²) in [6.07, 6.45) is 0. The Morgan fingerprint density at radius 2 is 1.00 bits per heavy atom. The first-order chi connectivity index (χ1) is 0. The van der Waals surface area contributed by atoms with Crippen LogP contribution in [0.1, 0.15) is 0 Å². The molecular weight excluding hydrogens is 358 g/mol. The minimum atomic E-state index is 0. The summed E-state index contributed by atoms with van der Waals surface area (Å²) >= 11 is 0. The van der Waals surface area contributed by atoms with Crippen LogP contribution in [0.3, 0.4) is 0 Å². The van der Waals surface area contributed by atoms with Crippen molar-refractivity contribution < 1.29 is 37.7 Å². The fourth-order valence-electron chi connectivity index (χ4n) is 0. The molecule has 0 N–H and O–H groups in total. The van der Waals surface area contributed by atoms with E-state index in [1.54, 1.807) is 0 Å². The second kappa shape index (κ2) is 22.8. The van der Waals surface area contributed by atoms with Crippen LogP contribution in [-0.4, -0.2) is 98.5 Å². The maximum absolute atomic E-state index is 0. The average Bonchev–Trinajstić information content (AvgIpc) is 0. The van der Waals surface area contributed by atoms with Gasteiger partial charge in [-0.25, -0.2) is 0 Å². The number of hydrogen-bond donors (Lipinski definition) is 0. The molecule has 0 aliphatic heterocycles. The predicted molar refractivity (Wildman–Crippen MR) is 37.0 cm³/mol. The SMILES string of the molecule is Cl.I.[Ar].[CsH].[NaH]. The van der Waals surface area contributed by atoms with Crippen LogP contribution in [0.5, 0.6) is 0 Å². The molecule has 0 unspecified atom stereocenters. The molecule has 0 heterocycles. The molecule has 0 rings (SSSR count). The third-order valence-corrected chi connectivity index (χ3v) is 0. The first-order valence-corrected chi connectivity index (χ1v) is 0. The maximum atomic E-state index is 0. The Balaban J connectivity index is 0. The van der Waals surface area contributed by atoms with E-state index in [0.29, 0.717) is 0 Å². The van der Waals surface area contributed by atoms with Gasteiger partial charge in [0, 0.05) is 37.7 Å².